The Hall–Kier alpha value is -2.14. The van der Waals surface area contributed by atoms with Crippen molar-refractivity contribution < 1.29 is 0 Å². The summed E-state index contributed by atoms with van der Waals surface area (Å²) in [6, 6.07) is 11.0. The standard InChI is InChI=1S/C18H23N5/c1-22-10-7-14(8-11-22)20-18-19-13-17-16(21-18)9-12-23(17)15-5-3-2-4-6-15/h2-6,13-14H,7-12H2,1H3,(H,19,20,21). The Morgan fingerprint density at radius 3 is 2.65 bits per heavy atom. The molecule has 1 aromatic heterocycles. The van der Waals surface area contributed by atoms with Crippen LogP contribution in [0.2, 0.25) is 0 Å². The Kier molecular flexibility index (Phi) is 3.87. The van der Waals surface area contributed by atoms with Crippen LogP contribution in [-0.4, -0.2) is 47.6 Å². The summed E-state index contributed by atoms with van der Waals surface area (Å²) in [6.45, 7) is 3.26. The summed E-state index contributed by atoms with van der Waals surface area (Å²) in [5, 5.41) is 3.52. The molecule has 3 heterocycles. The Bertz CT molecular complexity index is 664. The zero-order valence-electron chi connectivity index (χ0n) is 13.6. The minimum Gasteiger partial charge on any atom is -0.351 e. The van der Waals surface area contributed by atoms with Gasteiger partial charge < -0.3 is 15.1 Å². The number of hydrogen-bond acceptors (Lipinski definition) is 5. The Balaban J connectivity index is 1.49. The number of fused-ring (bicyclic) bond motifs is 1. The molecule has 0 radical (unpaired) electrons. The first-order valence-electron chi connectivity index (χ1n) is 8.43. The molecule has 5 nitrogen and oxygen atoms in total. The molecule has 0 amide bonds. The summed E-state index contributed by atoms with van der Waals surface area (Å²) in [5.41, 5.74) is 3.51. The first-order chi connectivity index (χ1) is 11.3. The molecule has 0 atom stereocenters. The van der Waals surface area contributed by atoms with E-state index in [9.17, 15) is 0 Å². The van der Waals surface area contributed by atoms with Crippen molar-refractivity contribution in [3.63, 3.8) is 0 Å². The lowest BCUT2D eigenvalue weighted by molar-refractivity contribution is 0.263. The number of likely N-dealkylation sites (tertiary alicyclic amines) is 1. The number of rotatable bonds is 3. The van der Waals surface area contributed by atoms with Gasteiger partial charge in [-0.1, -0.05) is 18.2 Å². The van der Waals surface area contributed by atoms with Crippen LogP contribution in [0.1, 0.15) is 18.5 Å². The van der Waals surface area contributed by atoms with Crippen LogP contribution in [0, 0.1) is 0 Å². The number of para-hydroxylation sites is 1. The first-order valence-corrected chi connectivity index (χ1v) is 8.43. The molecular weight excluding hydrogens is 286 g/mol. The molecule has 4 rings (SSSR count). The molecule has 1 N–H and O–H groups in total. The lowest BCUT2D eigenvalue weighted by Gasteiger charge is -2.29. The molecule has 1 fully saturated rings. The maximum atomic E-state index is 4.76. The highest BCUT2D eigenvalue weighted by molar-refractivity contribution is 5.68. The second-order valence-electron chi connectivity index (χ2n) is 6.48. The lowest BCUT2D eigenvalue weighted by Crippen LogP contribution is -2.37. The Morgan fingerprint density at radius 1 is 1.09 bits per heavy atom. The molecule has 5 heteroatoms. The molecule has 0 unspecified atom stereocenters. The van der Waals surface area contributed by atoms with E-state index in [2.05, 4.69) is 51.4 Å². The van der Waals surface area contributed by atoms with E-state index >= 15 is 0 Å². The molecular formula is C18H23N5. The van der Waals surface area contributed by atoms with Crippen molar-refractivity contribution in [3.05, 3.63) is 42.2 Å². The van der Waals surface area contributed by atoms with E-state index in [0.29, 0.717) is 6.04 Å². The van der Waals surface area contributed by atoms with Crippen molar-refractivity contribution >= 4 is 17.3 Å². The molecule has 0 saturated carbocycles. The van der Waals surface area contributed by atoms with Crippen molar-refractivity contribution in [2.45, 2.75) is 25.3 Å². The number of benzene rings is 1. The van der Waals surface area contributed by atoms with Gasteiger partial charge in [-0.2, -0.15) is 0 Å². The van der Waals surface area contributed by atoms with Crippen molar-refractivity contribution in [2.24, 2.45) is 0 Å². The molecule has 1 saturated heterocycles. The summed E-state index contributed by atoms with van der Waals surface area (Å²) >= 11 is 0. The molecule has 1 aromatic carbocycles. The quantitative estimate of drug-likeness (QED) is 0.944. The van der Waals surface area contributed by atoms with E-state index in [-0.39, 0.29) is 0 Å². The van der Waals surface area contributed by atoms with Gasteiger partial charge >= 0.3 is 0 Å². The second-order valence-corrected chi connectivity index (χ2v) is 6.48. The predicted molar refractivity (Wildman–Crippen MR) is 93.3 cm³/mol. The normalized spacial score (nSPS) is 18.9. The van der Waals surface area contributed by atoms with Crippen LogP contribution in [-0.2, 0) is 6.42 Å². The van der Waals surface area contributed by atoms with Crippen LogP contribution in [0.3, 0.4) is 0 Å². The second kappa shape index (κ2) is 6.16. The van der Waals surface area contributed by atoms with Gasteiger partial charge in [-0.05, 0) is 45.1 Å². The minimum absolute atomic E-state index is 0.496. The number of anilines is 3. The fourth-order valence-corrected chi connectivity index (χ4v) is 3.44. The van der Waals surface area contributed by atoms with E-state index in [1.54, 1.807) is 0 Å². The largest absolute Gasteiger partial charge is 0.351 e. The number of nitrogens with one attached hydrogen (secondary N) is 1. The number of nitrogens with zero attached hydrogens (tertiary/aromatic N) is 4. The van der Waals surface area contributed by atoms with Gasteiger partial charge in [-0.15, -0.1) is 0 Å². The molecule has 23 heavy (non-hydrogen) atoms. The maximum absolute atomic E-state index is 4.76. The fourth-order valence-electron chi connectivity index (χ4n) is 3.44. The highest BCUT2D eigenvalue weighted by Crippen LogP contribution is 2.33. The summed E-state index contributed by atoms with van der Waals surface area (Å²) in [5.74, 6) is 0.785. The van der Waals surface area contributed by atoms with Crippen LogP contribution in [0.25, 0.3) is 0 Å². The maximum Gasteiger partial charge on any atom is 0.223 e. The van der Waals surface area contributed by atoms with Gasteiger partial charge in [-0.25, -0.2) is 9.97 Å². The lowest BCUT2D eigenvalue weighted by atomic mass is 10.1. The van der Waals surface area contributed by atoms with Crippen LogP contribution in [0.5, 0.6) is 0 Å². The zero-order valence-corrected chi connectivity index (χ0v) is 13.6. The third kappa shape index (κ3) is 3.01. The summed E-state index contributed by atoms with van der Waals surface area (Å²) in [6.07, 6.45) is 5.27. The van der Waals surface area contributed by atoms with Gasteiger partial charge in [0, 0.05) is 24.7 Å². The molecule has 2 aliphatic rings. The van der Waals surface area contributed by atoms with Gasteiger partial charge in [0.2, 0.25) is 5.95 Å². The molecule has 2 aliphatic heterocycles. The van der Waals surface area contributed by atoms with Crippen LogP contribution >= 0.6 is 0 Å². The molecule has 0 spiro atoms. The van der Waals surface area contributed by atoms with Gasteiger partial charge in [0.15, 0.2) is 0 Å². The third-order valence-corrected chi connectivity index (χ3v) is 4.83. The smallest absolute Gasteiger partial charge is 0.223 e. The highest BCUT2D eigenvalue weighted by atomic mass is 15.2. The van der Waals surface area contributed by atoms with Crippen molar-refractivity contribution in [1.29, 1.82) is 0 Å². The van der Waals surface area contributed by atoms with Crippen molar-refractivity contribution in [1.82, 2.24) is 14.9 Å². The number of hydrogen-bond donors (Lipinski definition) is 1. The summed E-state index contributed by atoms with van der Waals surface area (Å²) < 4.78 is 0. The first kappa shape index (κ1) is 14.5. The number of piperidine rings is 1. The third-order valence-electron chi connectivity index (χ3n) is 4.83. The van der Waals surface area contributed by atoms with Crippen LogP contribution in [0.4, 0.5) is 17.3 Å². The zero-order chi connectivity index (χ0) is 15.6. The number of aromatic nitrogens is 2. The molecule has 0 bridgehead atoms. The van der Waals surface area contributed by atoms with E-state index in [1.807, 2.05) is 12.3 Å². The monoisotopic (exact) mass is 309 g/mol. The van der Waals surface area contributed by atoms with E-state index < -0.39 is 0 Å². The summed E-state index contributed by atoms with van der Waals surface area (Å²) in [4.78, 5) is 14.0. The summed E-state index contributed by atoms with van der Waals surface area (Å²) in [7, 11) is 2.18. The molecule has 120 valence electrons. The Morgan fingerprint density at radius 2 is 1.87 bits per heavy atom. The average molecular weight is 309 g/mol. The molecule has 0 aliphatic carbocycles. The predicted octanol–water partition coefficient (Wildman–Crippen LogP) is 2.68. The van der Waals surface area contributed by atoms with Crippen LogP contribution in [0.15, 0.2) is 36.5 Å². The van der Waals surface area contributed by atoms with Gasteiger partial charge in [0.05, 0.1) is 17.6 Å². The Labute approximate surface area is 137 Å². The van der Waals surface area contributed by atoms with Crippen LogP contribution < -0.4 is 10.2 Å². The van der Waals surface area contributed by atoms with Gasteiger partial charge in [0.1, 0.15) is 0 Å². The van der Waals surface area contributed by atoms with Crippen molar-refractivity contribution in [2.75, 3.05) is 36.9 Å². The van der Waals surface area contributed by atoms with Gasteiger partial charge in [0.25, 0.3) is 0 Å². The topological polar surface area (TPSA) is 44.3 Å². The highest BCUT2D eigenvalue weighted by Gasteiger charge is 2.23. The van der Waals surface area contributed by atoms with Gasteiger partial charge in [-0.3, -0.25) is 0 Å². The fraction of sp³-hybridized carbons (Fsp3) is 0.444. The minimum atomic E-state index is 0.496. The molecule has 2 aromatic rings. The SMILES string of the molecule is CN1CCC(Nc2ncc3c(n2)CCN3c2ccccc2)CC1. The van der Waals surface area contributed by atoms with Crippen molar-refractivity contribution in [3.8, 4) is 0 Å². The van der Waals surface area contributed by atoms with E-state index in [0.717, 1.165) is 56.2 Å². The average Bonchev–Trinajstić information content (AvgIpc) is 3.01. The van der Waals surface area contributed by atoms with E-state index in [4.69, 9.17) is 4.98 Å². The van der Waals surface area contributed by atoms with E-state index in [1.165, 1.54) is 5.69 Å².